The second kappa shape index (κ2) is 5.65. The lowest BCUT2D eigenvalue weighted by Gasteiger charge is -2.47. The first-order valence-electron chi connectivity index (χ1n) is 7.81. The van der Waals surface area contributed by atoms with Crippen molar-refractivity contribution in [3.63, 3.8) is 0 Å². The highest BCUT2D eigenvalue weighted by molar-refractivity contribution is 5.21. The van der Waals surface area contributed by atoms with Gasteiger partial charge < -0.3 is 9.84 Å². The fraction of sp³-hybridized carbons (Fsp3) is 0.647. The van der Waals surface area contributed by atoms with Gasteiger partial charge >= 0.3 is 0 Å². The van der Waals surface area contributed by atoms with Gasteiger partial charge in [0.25, 0.3) is 0 Å². The zero-order valence-corrected chi connectivity index (χ0v) is 12.2. The third kappa shape index (κ3) is 2.84. The van der Waals surface area contributed by atoms with Crippen molar-refractivity contribution in [1.29, 1.82) is 0 Å². The van der Waals surface area contributed by atoms with Crippen LogP contribution < -0.4 is 0 Å². The summed E-state index contributed by atoms with van der Waals surface area (Å²) in [6.07, 6.45) is 3.86. The van der Waals surface area contributed by atoms with E-state index >= 15 is 4.39 Å². The molecule has 0 spiro atoms. The summed E-state index contributed by atoms with van der Waals surface area (Å²) < 4.78 is 34.1. The van der Waals surface area contributed by atoms with Crippen LogP contribution in [0, 0.1) is 5.82 Å². The van der Waals surface area contributed by atoms with E-state index in [1.807, 2.05) is 0 Å². The van der Waals surface area contributed by atoms with Crippen LogP contribution in [0.1, 0.15) is 56.6 Å². The Balaban J connectivity index is 1.79. The second-order valence-corrected chi connectivity index (χ2v) is 6.42. The summed E-state index contributed by atoms with van der Waals surface area (Å²) in [7, 11) is 0. The molecule has 0 aromatic heterocycles. The maximum Gasteiger partial charge on any atom is 0.144 e. The van der Waals surface area contributed by atoms with Gasteiger partial charge in [0, 0.05) is 12.8 Å². The number of halogens is 2. The zero-order valence-electron chi connectivity index (χ0n) is 12.2. The Bertz CT molecular complexity index is 482. The van der Waals surface area contributed by atoms with Crippen LogP contribution in [0.25, 0.3) is 0 Å². The largest absolute Gasteiger partial charge is 0.387 e. The van der Waals surface area contributed by atoms with Gasteiger partial charge in [-0.2, -0.15) is 0 Å². The van der Waals surface area contributed by atoms with Crippen LogP contribution >= 0.6 is 0 Å². The number of benzene rings is 1. The smallest absolute Gasteiger partial charge is 0.144 e. The van der Waals surface area contributed by atoms with Gasteiger partial charge in [0.05, 0.1) is 18.3 Å². The Morgan fingerprint density at radius 1 is 1.05 bits per heavy atom. The lowest BCUT2D eigenvalue weighted by Crippen LogP contribution is -2.55. The van der Waals surface area contributed by atoms with Crippen molar-refractivity contribution in [3.05, 3.63) is 35.6 Å². The molecule has 1 saturated carbocycles. The van der Waals surface area contributed by atoms with Gasteiger partial charge in [-0.15, -0.1) is 0 Å². The van der Waals surface area contributed by atoms with Crippen molar-refractivity contribution in [2.45, 2.75) is 62.3 Å². The van der Waals surface area contributed by atoms with E-state index in [4.69, 9.17) is 4.74 Å². The molecule has 2 fully saturated rings. The SMILES string of the molecule is OC1(C2(F)CCOC(c3ccc(F)cc3)C2)CCCCC1. The summed E-state index contributed by atoms with van der Waals surface area (Å²) in [5.74, 6) is -0.313. The molecular weight excluding hydrogens is 274 g/mol. The fourth-order valence-electron chi connectivity index (χ4n) is 3.72. The van der Waals surface area contributed by atoms with Crippen LogP contribution in [0.2, 0.25) is 0 Å². The minimum absolute atomic E-state index is 0.148. The van der Waals surface area contributed by atoms with Crippen LogP contribution in [0.4, 0.5) is 8.78 Å². The molecule has 2 atom stereocenters. The van der Waals surface area contributed by atoms with Gasteiger partial charge in [0.15, 0.2) is 0 Å². The lowest BCUT2D eigenvalue weighted by molar-refractivity contribution is -0.180. The van der Waals surface area contributed by atoms with E-state index in [0.717, 1.165) is 24.8 Å². The molecule has 0 bridgehead atoms. The number of aliphatic hydroxyl groups is 1. The van der Waals surface area contributed by atoms with Gasteiger partial charge in [0.2, 0.25) is 0 Å². The van der Waals surface area contributed by atoms with Crippen molar-refractivity contribution < 1.29 is 18.6 Å². The van der Waals surface area contributed by atoms with Gasteiger partial charge in [-0.05, 0) is 30.5 Å². The molecule has 2 aliphatic rings. The van der Waals surface area contributed by atoms with E-state index in [2.05, 4.69) is 0 Å². The van der Waals surface area contributed by atoms with Gasteiger partial charge in [-0.1, -0.05) is 31.4 Å². The first-order valence-corrected chi connectivity index (χ1v) is 7.81. The minimum Gasteiger partial charge on any atom is -0.387 e. The minimum atomic E-state index is -1.61. The maximum absolute atomic E-state index is 15.5. The Morgan fingerprint density at radius 3 is 2.38 bits per heavy atom. The first kappa shape index (κ1) is 14.9. The summed E-state index contributed by atoms with van der Waals surface area (Å²) in [6, 6.07) is 6.00. The molecule has 2 nitrogen and oxygen atoms in total. The molecule has 4 heteroatoms. The Hall–Kier alpha value is -1.00. The summed E-state index contributed by atoms with van der Waals surface area (Å²) in [5.41, 5.74) is -2.06. The second-order valence-electron chi connectivity index (χ2n) is 6.42. The molecule has 0 radical (unpaired) electrons. The highest BCUT2D eigenvalue weighted by Gasteiger charge is 2.53. The molecule has 116 valence electrons. The Kier molecular flexibility index (Phi) is 4.02. The number of rotatable bonds is 2. The third-order valence-electron chi connectivity index (χ3n) is 5.08. The van der Waals surface area contributed by atoms with E-state index in [-0.39, 0.29) is 18.7 Å². The molecule has 1 aromatic rings. The molecule has 1 heterocycles. The normalized spacial score (nSPS) is 32.8. The summed E-state index contributed by atoms with van der Waals surface area (Å²) in [4.78, 5) is 0. The molecule has 1 N–H and O–H groups in total. The summed E-state index contributed by atoms with van der Waals surface area (Å²) in [6.45, 7) is 0.293. The van der Waals surface area contributed by atoms with Crippen LogP contribution in [0.15, 0.2) is 24.3 Å². The van der Waals surface area contributed by atoms with Crippen molar-refractivity contribution >= 4 is 0 Å². The van der Waals surface area contributed by atoms with Gasteiger partial charge in [-0.3, -0.25) is 0 Å². The topological polar surface area (TPSA) is 29.5 Å². The van der Waals surface area contributed by atoms with Crippen LogP contribution in [-0.4, -0.2) is 23.0 Å². The molecule has 1 aromatic carbocycles. The number of alkyl halides is 1. The zero-order chi connectivity index (χ0) is 14.9. The fourth-order valence-corrected chi connectivity index (χ4v) is 3.72. The predicted molar refractivity (Wildman–Crippen MR) is 76.2 cm³/mol. The van der Waals surface area contributed by atoms with E-state index in [0.29, 0.717) is 19.4 Å². The third-order valence-corrected chi connectivity index (χ3v) is 5.08. The molecule has 1 aliphatic heterocycles. The van der Waals surface area contributed by atoms with E-state index in [9.17, 15) is 9.50 Å². The summed E-state index contributed by atoms with van der Waals surface area (Å²) in [5, 5.41) is 10.8. The van der Waals surface area contributed by atoms with Gasteiger partial charge in [0.1, 0.15) is 11.5 Å². The molecule has 0 amide bonds. The lowest BCUT2D eigenvalue weighted by atomic mass is 9.69. The average Bonchev–Trinajstić information content (AvgIpc) is 2.49. The number of ether oxygens (including phenoxy) is 1. The number of hydrogen-bond donors (Lipinski definition) is 1. The monoisotopic (exact) mass is 296 g/mol. The summed E-state index contributed by atoms with van der Waals surface area (Å²) >= 11 is 0. The average molecular weight is 296 g/mol. The first-order chi connectivity index (χ1) is 10.0. The van der Waals surface area contributed by atoms with E-state index in [1.54, 1.807) is 12.1 Å². The van der Waals surface area contributed by atoms with Crippen molar-refractivity contribution in [2.75, 3.05) is 6.61 Å². The van der Waals surface area contributed by atoms with Crippen molar-refractivity contribution in [1.82, 2.24) is 0 Å². The van der Waals surface area contributed by atoms with E-state index in [1.165, 1.54) is 12.1 Å². The molecule has 1 saturated heterocycles. The van der Waals surface area contributed by atoms with Crippen LogP contribution in [0.5, 0.6) is 0 Å². The molecule has 2 unspecified atom stereocenters. The maximum atomic E-state index is 15.5. The Morgan fingerprint density at radius 2 is 1.71 bits per heavy atom. The standard InChI is InChI=1S/C17H22F2O2/c18-14-6-4-13(5-7-14)15-12-16(19,10-11-21-15)17(20)8-2-1-3-9-17/h4-7,15,20H,1-3,8-12H2. The quantitative estimate of drug-likeness (QED) is 0.891. The number of hydrogen-bond acceptors (Lipinski definition) is 2. The van der Waals surface area contributed by atoms with Crippen LogP contribution in [0.3, 0.4) is 0 Å². The van der Waals surface area contributed by atoms with Crippen LogP contribution in [-0.2, 0) is 4.74 Å². The molecule has 1 aliphatic carbocycles. The predicted octanol–water partition coefficient (Wildman–Crippen LogP) is 4.08. The highest BCUT2D eigenvalue weighted by Crippen LogP contribution is 2.48. The Labute approximate surface area is 124 Å². The van der Waals surface area contributed by atoms with Crippen molar-refractivity contribution in [3.8, 4) is 0 Å². The highest BCUT2D eigenvalue weighted by atomic mass is 19.1. The molecular formula is C17H22F2O2. The van der Waals surface area contributed by atoms with E-state index < -0.39 is 17.4 Å². The van der Waals surface area contributed by atoms with Gasteiger partial charge in [-0.25, -0.2) is 8.78 Å². The van der Waals surface area contributed by atoms with Crippen molar-refractivity contribution in [2.24, 2.45) is 0 Å². The molecule has 21 heavy (non-hydrogen) atoms. The molecule has 3 rings (SSSR count).